The van der Waals surface area contributed by atoms with Gasteiger partial charge in [-0.05, 0) is 30.7 Å². The molecule has 0 aliphatic carbocycles. The first kappa shape index (κ1) is 13.3. The van der Waals surface area contributed by atoms with E-state index in [-0.39, 0.29) is 5.82 Å². The Morgan fingerprint density at radius 2 is 2.22 bits per heavy atom. The molecule has 0 spiro atoms. The summed E-state index contributed by atoms with van der Waals surface area (Å²) in [5, 5.41) is 3.28. The maximum atomic E-state index is 13.6. The van der Waals surface area contributed by atoms with Gasteiger partial charge in [-0.25, -0.2) is 4.39 Å². The van der Waals surface area contributed by atoms with Crippen LogP contribution in [0, 0.1) is 5.82 Å². The van der Waals surface area contributed by atoms with Crippen LogP contribution in [0.5, 0.6) is 5.75 Å². The van der Waals surface area contributed by atoms with Gasteiger partial charge in [0.2, 0.25) is 0 Å². The molecule has 0 saturated carbocycles. The van der Waals surface area contributed by atoms with Gasteiger partial charge in [-0.1, -0.05) is 13.0 Å². The Kier molecular flexibility index (Phi) is 4.55. The molecule has 1 fully saturated rings. The summed E-state index contributed by atoms with van der Waals surface area (Å²) in [6, 6.07) is 5.81. The number of rotatable bonds is 6. The third-order valence-electron chi connectivity index (χ3n) is 3.39. The van der Waals surface area contributed by atoms with Crippen molar-refractivity contribution in [3.05, 3.63) is 29.6 Å². The van der Waals surface area contributed by atoms with Crippen LogP contribution in [-0.2, 0) is 6.54 Å². The van der Waals surface area contributed by atoms with Crippen molar-refractivity contribution in [2.75, 3.05) is 26.7 Å². The Labute approximate surface area is 108 Å². The molecule has 1 saturated heterocycles. The molecule has 0 unspecified atom stereocenters. The van der Waals surface area contributed by atoms with Gasteiger partial charge in [0, 0.05) is 25.7 Å². The van der Waals surface area contributed by atoms with Crippen LogP contribution in [0.15, 0.2) is 18.2 Å². The lowest BCUT2D eigenvalue weighted by Gasteiger charge is -2.38. The molecule has 1 aromatic rings. The van der Waals surface area contributed by atoms with E-state index >= 15 is 0 Å². The van der Waals surface area contributed by atoms with Gasteiger partial charge in [0.15, 0.2) is 11.6 Å². The summed E-state index contributed by atoms with van der Waals surface area (Å²) in [5.41, 5.74) is 1.01. The summed E-state index contributed by atoms with van der Waals surface area (Å²) in [5.74, 6) is 0.0317. The number of hydrogen-bond acceptors (Lipinski definition) is 3. The van der Waals surface area contributed by atoms with E-state index in [1.807, 2.05) is 6.07 Å². The van der Waals surface area contributed by atoms with Gasteiger partial charge in [-0.3, -0.25) is 4.90 Å². The van der Waals surface area contributed by atoms with E-state index in [0.29, 0.717) is 11.8 Å². The third-order valence-corrected chi connectivity index (χ3v) is 3.39. The first-order valence-electron chi connectivity index (χ1n) is 6.51. The van der Waals surface area contributed by atoms with Gasteiger partial charge < -0.3 is 10.1 Å². The lowest BCUT2D eigenvalue weighted by molar-refractivity contribution is 0.137. The fraction of sp³-hybridized carbons (Fsp3) is 0.571. The zero-order valence-corrected chi connectivity index (χ0v) is 11.1. The quantitative estimate of drug-likeness (QED) is 0.838. The van der Waals surface area contributed by atoms with E-state index in [0.717, 1.165) is 38.2 Å². The van der Waals surface area contributed by atoms with Crippen LogP contribution in [0.1, 0.15) is 18.9 Å². The number of benzene rings is 1. The smallest absolute Gasteiger partial charge is 0.165 e. The number of ether oxygens (including phenoxy) is 1. The van der Waals surface area contributed by atoms with Gasteiger partial charge >= 0.3 is 0 Å². The van der Waals surface area contributed by atoms with E-state index < -0.39 is 0 Å². The van der Waals surface area contributed by atoms with Crippen molar-refractivity contribution in [2.45, 2.75) is 25.9 Å². The molecule has 1 aliphatic heterocycles. The van der Waals surface area contributed by atoms with E-state index in [9.17, 15) is 4.39 Å². The molecule has 2 rings (SSSR count). The lowest BCUT2D eigenvalue weighted by atomic mass is 10.1. The van der Waals surface area contributed by atoms with Gasteiger partial charge in [0.05, 0.1) is 7.11 Å². The van der Waals surface area contributed by atoms with Gasteiger partial charge in [0.1, 0.15) is 0 Å². The fourth-order valence-corrected chi connectivity index (χ4v) is 2.25. The van der Waals surface area contributed by atoms with Crippen molar-refractivity contribution in [1.29, 1.82) is 0 Å². The van der Waals surface area contributed by atoms with Crippen LogP contribution >= 0.6 is 0 Å². The number of hydrogen-bond donors (Lipinski definition) is 1. The van der Waals surface area contributed by atoms with Crippen LogP contribution in [0.25, 0.3) is 0 Å². The number of methoxy groups -OCH3 is 1. The van der Waals surface area contributed by atoms with Crippen LogP contribution < -0.4 is 10.1 Å². The first-order chi connectivity index (χ1) is 8.74. The third kappa shape index (κ3) is 3.00. The van der Waals surface area contributed by atoms with Crippen LogP contribution in [0.2, 0.25) is 0 Å². The highest BCUT2D eigenvalue weighted by Gasteiger charge is 2.23. The van der Waals surface area contributed by atoms with E-state index in [1.54, 1.807) is 12.1 Å². The standard InChI is InChI=1S/C14H21FN2O/c1-3-6-17(12-8-16-9-12)10-11-4-5-14(18-2)13(15)7-11/h4-5,7,12,16H,3,6,8-10H2,1-2H3. The monoisotopic (exact) mass is 252 g/mol. The molecular formula is C14H21FN2O. The molecule has 0 aromatic heterocycles. The zero-order chi connectivity index (χ0) is 13.0. The highest BCUT2D eigenvalue weighted by Crippen LogP contribution is 2.20. The molecule has 0 radical (unpaired) electrons. The Hall–Kier alpha value is -1.13. The molecule has 1 aliphatic rings. The topological polar surface area (TPSA) is 24.5 Å². The maximum Gasteiger partial charge on any atom is 0.165 e. The summed E-state index contributed by atoms with van der Waals surface area (Å²) in [6.45, 7) is 6.12. The summed E-state index contributed by atoms with van der Waals surface area (Å²) >= 11 is 0. The zero-order valence-electron chi connectivity index (χ0n) is 11.1. The van der Waals surface area contributed by atoms with Gasteiger partial charge in [-0.15, -0.1) is 0 Å². The van der Waals surface area contributed by atoms with Crippen molar-refractivity contribution in [2.24, 2.45) is 0 Å². The van der Waals surface area contributed by atoms with E-state index in [4.69, 9.17) is 4.74 Å². The number of halogens is 1. The Balaban J connectivity index is 2.03. The number of nitrogens with zero attached hydrogens (tertiary/aromatic N) is 1. The summed E-state index contributed by atoms with van der Waals surface area (Å²) in [7, 11) is 1.49. The summed E-state index contributed by atoms with van der Waals surface area (Å²) in [6.07, 6.45) is 1.12. The Bertz CT molecular complexity index is 393. The predicted molar refractivity (Wildman–Crippen MR) is 70.3 cm³/mol. The Morgan fingerprint density at radius 3 is 2.72 bits per heavy atom. The van der Waals surface area contributed by atoms with Gasteiger partial charge in [0.25, 0.3) is 0 Å². The second-order valence-electron chi connectivity index (χ2n) is 4.75. The second kappa shape index (κ2) is 6.16. The molecule has 100 valence electrons. The average Bonchev–Trinajstić information content (AvgIpc) is 2.27. The minimum atomic E-state index is -0.279. The van der Waals surface area contributed by atoms with Crippen molar-refractivity contribution in [3.63, 3.8) is 0 Å². The van der Waals surface area contributed by atoms with Crippen LogP contribution in [0.4, 0.5) is 4.39 Å². The van der Waals surface area contributed by atoms with Gasteiger partial charge in [-0.2, -0.15) is 0 Å². The van der Waals surface area contributed by atoms with E-state index in [2.05, 4.69) is 17.1 Å². The average molecular weight is 252 g/mol. The van der Waals surface area contributed by atoms with Crippen molar-refractivity contribution >= 4 is 0 Å². The normalized spacial score (nSPS) is 15.8. The van der Waals surface area contributed by atoms with Crippen molar-refractivity contribution in [3.8, 4) is 5.75 Å². The van der Waals surface area contributed by atoms with E-state index in [1.165, 1.54) is 7.11 Å². The largest absolute Gasteiger partial charge is 0.494 e. The molecular weight excluding hydrogens is 231 g/mol. The molecule has 3 nitrogen and oxygen atoms in total. The molecule has 18 heavy (non-hydrogen) atoms. The molecule has 0 atom stereocenters. The molecule has 1 N–H and O–H groups in total. The highest BCUT2D eigenvalue weighted by molar-refractivity contribution is 5.29. The molecule has 1 aromatic carbocycles. The molecule has 0 bridgehead atoms. The lowest BCUT2D eigenvalue weighted by Crippen LogP contribution is -2.56. The summed E-state index contributed by atoms with van der Waals surface area (Å²) < 4.78 is 18.6. The predicted octanol–water partition coefficient (Wildman–Crippen LogP) is 2.02. The minimum Gasteiger partial charge on any atom is -0.494 e. The molecule has 0 amide bonds. The SMILES string of the molecule is CCCN(Cc1ccc(OC)c(F)c1)C1CNC1. The first-order valence-corrected chi connectivity index (χ1v) is 6.51. The van der Waals surface area contributed by atoms with Crippen LogP contribution in [-0.4, -0.2) is 37.7 Å². The fourth-order valence-electron chi connectivity index (χ4n) is 2.25. The van der Waals surface area contributed by atoms with Crippen molar-refractivity contribution in [1.82, 2.24) is 10.2 Å². The summed E-state index contributed by atoms with van der Waals surface area (Å²) in [4.78, 5) is 2.41. The maximum absolute atomic E-state index is 13.6. The highest BCUT2D eigenvalue weighted by atomic mass is 19.1. The van der Waals surface area contributed by atoms with Crippen molar-refractivity contribution < 1.29 is 9.13 Å². The second-order valence-corrected chi connectivity index (χ2v) is 4.75. The Morgan fingerprint density at radius 1 is 1.44 bits per heavy atom. The minimum absolute atomic E-state index is 0.279. The molecule has 4 heteroatoms. The van der Waals surface area contributed by atoms with Crippen LogP contribution in [0.3, 0.4) is 0 Å². The number of nitrogens with one attached hydrogen (secondary N) is 1. The molecule has 1 heterocycles.